The fourth-order valence-corrected chi connectivity index (χ4v) is 2.60. The van der Waals surface area contributed by atoms with Gasteiger partial charge in [0.25, 0.3) is 0 Å². The van der Waals surface area contributed by atoms with Gasteiger partial charge in [0.2, 0.25) is 17.8 Å². The molecule has 2 heterocycles. The van der Waals surface area contributed by atoms with Gasteiger partial charge in [-0.2, -0.15) is 15.0 Å². The van der Waals surface area contributed by atoms with Gasteiger partial charge in [0, 0.05) is 26.7 Å². The Morgan fingerprint density at radius 3 is 2.48 bits per heavy atom. The molecule has 1 aromatic heterocycles. The maximum absolute atomic E-state index is 5.37. The lowest BCUT2D eigenvalue weighted by Crippen LogP contribution is -2.37. The second-order valence-corrected chi connectivity index (χ2v) is 6.40. The van der Waals surface area contributed by atoms with E-state index in [1.165, 1.54) is 6.42 Å². The van der Waals surface area contributed by atoms with Crippen LogP contribution in [0.4, 0.5) is 17.8 Å². The van der Waals surface area contributed by atoms with Gasteiger partial charge in [0.05, 0.1) is 13.2 Å². The van der Waals surface area contributed by atoms with Crippen molar-refractivity contribution in [2.24, 2.45) is 11.3 Å². The van der Waals surface area contributed by atoms with Gasteiger partial charge in [-0.1, -0.05) is 13.8 Å². The van der Waals surface area contributed by atoms with Crippen molar-refractivity contribution in [3.63, 3.8) is 0 Å². The van der Waals surface area contributed by atoms with Gasteiger partial charge in [0.1, 0.15) is 0 Å². The molecule has 0 amide bonds. The zero-order chi connectivity index (χ0) is 14.9. The monoisotopic (exact) mass is 292 g/mol. The molecule has 116 valence electrons. The summed E-state index contributed by atoms with van der Waals surface area (Å²) in [5, 5.41) is 6.36. The molecule has 0 spiro atoms. The van der Waals surface area contributed by atoms with Crippen LogP contribution in [-0.4, -0.2) is 54.8 Å². The number of morpholine rings is 1. The molecule has 1 aliphatic heterocycles. The first kappa shape index (κ1) is 14.3. The number of hydrogen-bond donors (Lipinski definition) is 2. The maximum atomic E-state index is 5.37. The highest BCUT2D eigenvalue weighted by Gasteiger charge is 2.45. The normalized spacial score (nSPS) is 23.8. The van der Waals surface area contributed by atoms with Gasteiger partial charge in [-0.25, -0.2) is 0 Å². The van der Waals surface area contributed by atoms with Crippen LogP contribution in [-0.2, 0) is 4.74 Å². The van der Waals surface area contributed by atoms with Gasteiger partial charge < -0.3 is 20.3 Å². The minimum atomic E-state index is 0.457. The van der Waals surface area contributed by atoms with Crippen LogP contribution < -0.4 is 15.5 Å². The Bertz CT molecular complexity index is 500. The number of ether oxygens (including phenoxy) is 1. The van der Waals surface area contributed by atoms with E-state index in [-0.39, 0.29) is 0 Å². The summed E-state index contributed by atoms with van der Waals surface area (Å²) in [6.07, 6.45) is 1.26. The first-order valence-electron chi connectivity index (χ1n) is 7.59. The van der Waals surface area contributed by atoms with Gasteiger partial charge in [0.15, 0.2) is 0 Å². The Morgan fingerprint density at radius 2 is 1.86 bits per heavy atom. The van der Waals surface area contributed by atoms with E-state index >= 15 is 0 Å². The quantitative estimate of drug-likeness (QED) is 0.844. The molecule has 2 aliphatic rings. The molecule has 1 aliphatic carbocycles. The van der Waals surface area contributed by atoms with Crippen molar-refractivity contribution in [2.75, 3.05) is 55.4 Å². The van der Waals surface area contributed by atoms with Gasteiger partial charge in [-0.15, -0.1) is 0 Å². The highest BCUT2D eigenvalue weighted by Crippen LogP contribution is 2.51. The topological polar surface area (TPSA) is 75.2 Å². The van der Waals surface area contributed by atoms with Crippen LogP contribution >= 0.6 is 0 Å². The van der Waals surface area contributed by atoms with Crippen molar-refractivity contribution in [1.29, 1.82) is 0 Å². The first-order valence-corrected chi connectivity index (χ1v) is 7.59. The molecule has 0 radical (unpaired) electrons. The molecule has 1 atom stereocenters. The summed E-state index contributed by atoms with van der Waals surface area (Å²) in [7, 11) is 1.83. The predicted octanol–water partition coefficient (Wildman–Crippen LogP) is 1.21. The summed E-state index contributed by atoms with van der Waals surface area (Å²) >= 11 is 0. The molecule has 1 aromatic rings. The highest BCUT2D eigenvalue weighted by molar-refractivity contribution is 5.44. The van der Waals surface area contributed by atoms with E-state index in [4.69, 9.17) is 4.74 Å². The Hall–Kier alpha value is -1.63. The largest absolute Gasteiger partial charge is 0.378 e. The molecule has 2 fully saturated rings. The number of nitrogens with zero attached hydrogens (tertiary/aromatic N) is 4. The molecule has 0 bridgehead atoms. The van der Waals surface area contributed by atoms with E-state index < -0.39 is 0 Å². The zero-order valence-electron chi connectivity index (χ0n) is 13.0. The minimum absolute atomic E-state index is 0.457. The van der Waals surface area contributed by atoms with Crippen LogP contribution in [0, 0.1) is 11.3 Å². The molecule has 3 rings (SSSR count). The van der Waals surface area contributed by atoms with Crippen molar-refractivity contribution < 1.29 is 4.74 Å². The van der Waals surface area contributed by atoms with Crippen LogP contribution in [0.15, 0.2) is 0 Å². The van der Waals surface area contributed by atoms with Crippen LogP contribution in [0.1, 0.15) is 20.3 Å². The number of aromatic nitrogens is 3. The fourth-order valence-electron chi connectivity index (χ4n) is 2.60. The maximum Gasteiger partial charge on any atom is 0.232 e. The molecule has 7 heteroatoms. The first-order chi connectivity index (χ1) is 10.1. The number of nitrogens with one attached hydrogen (secondary N) is 2. The van der Waals surface area contributed by atoms with E-state index in [2.05, 4.69) is 44.3 Å². The van der Waals surface area contributed by atoms with Gasteiger partial charge >= 0.3 is 0 Å². The predicted molar refractivity (Wildman–Crippen MR) is 82.8 cm³/mol. The van der Waals surface area contributed by atoms with Crippen molar-refractivity contribution in [3.8, 4) is 0 Å². The Morgan fingerprint density at radius 1 is 1.19 bits per heavy atom. The van der Waals surface area contributed by atoms with Crippen LogP contribution in [0.25, 0.3) is 0 Å². The summed E-state index contributed by atoms with van der Waals surface area (Å²) in [6.45, 7) is 8.60. The molecule has 21 heavy (non-hydrogen) atoms. The lowest BCUT2D eigenvalue weighted by molar-refractivity contribution is 0.122. The average molecular weight is 292 g/mol. The van der Waals surface area contributed by atoms with Gasteiger partial charge in [-0.3, -0.25) is 0 Å². The molecule has 2 N–H and O–H groups in total. The fraction of sp³-hybridized carbons (Fsp3) is 0.786. The third kappa shape index (κ3) is 3.34. The van der Waals surface area contributed by atoms with E-state index in [1.54, 1.807) is 0 Å². The second-order valence-electron chi connectivity index (χ2n) is 6.40. The van der Waals surface area contributed by atoms with Crippen LogP contribution in [0.2, 0.25) is 0 Å². The third-order valence-corrected chi connectivity index (χ3v) is 4.37. The Kier molecular flexibility index (Phi) is 3.84. The minimum Gasteiger partial charge on any atom is -0.378 e. The highest BCUT2D eigenvalue weighted by atomic mass is 16.5. The van der Waals surface area contributed by atoms with E-state index in [9.17, 15) is 0 Å². The Balaban J connectivity index is 1.70. The SMILES string of the molecule is CNc1nc(NCC2CC2(C)C)nc(N2CCOCC2)n1. The molecule has 0 aromatic carbocycles. The lowest BCUT2D eigenvalue weighted by atomic mass is 10.1. The molecule has 1 saturated heterocycles. The summed E-state index contributed by atoms with van der Waals surface area (Å²) in [6, 6.07) is 0. The van der Waals surface area contributed by atoms with Crippen molar-refractivity contribution in [1.82, 2.24) is 15.0 Å². The number of rotatable bonds is 5. The number of hydrogen-bond acceptors (Lipinski definition) is 7. The standard InChI is InChI=1S/C14H24N6O/c1-14(2)8-10(14)9-16-12-17-11(15-3)18-13(19-12)20-4-6-21-7-5-20/h10H,4-9H2,1-3H3,(H2,15,16,17,18,19). The van der Waals surface area contributed by atoms with E-state index in [0.29, 0.717) is 23.2 Å². The van der Waals surface area contributed by atoms with Crippen molar-refractivity contribution >= 4 is 17.8 Å². The molecule has 1 unspecified atom stereocenters. The third-order valence-electron chi connectivity index (χ3n) is 4.37. The van der Waals surface area contributed by atoms with Crippen molar-refractivity contribution in [2.45, 2.75) is 20.3 Å². The zero-order valence-corrected chi connectivity index (χ0v) is 13.0. The van der Waals surface area contributed by atoms with E-state index in [0.717, 1.165) is 38.8 Å². The van der Waals surface area contributed by atoms with Crippen molar-refractivity contribution in [3.05, 3.63) is 0 Å². The summed E-state index contributed by atoms with van der Waals surface area (Å²) in [5.41, 5.74) is 0.457. The van der Waals surface area contributed by atoms with Crippen LogP contribution in [0.5, 0.6) is 0 Å². The van der Waals surface area contributed by atoms with E-state index in [1.807, 2.05) is 7.05 Å². The summed E-state index contributed by atoms with van der Waals surface area (Å²) in [4.78, 5) is 15.5. The number of anilines is 3. The summed E-state index contributed by atoms with van der Waals surface area (Å²) < 4.78 is 5.37. The van der Waals surface area contributed by atoms with Crippen LogP contribution in [0.3, 0.4) is 0 Å². The van der Waals surface area contributed by atoms with Gasteiger partial charge in [-0.05, 0) is 17.8 Å². The Labute approximate surface area is 125 Å². The molecular formula is C14H24N6O. The lowest BCUT2D eigenvalue weighted by Gasteiger charge is -2.27. The molecular weight excluding hydrogens is 268 g/mol. The molecule has 1 saturated carbocycles. The smallest absolute Gasteiger partial charge is 0.232 e. The average Bonchev–Trinajstić information content (AvgIpc) is 3.13. The molecule has 7 nitrogen and oxygen atoms in total. The second kappa shape index (κ2) is 5.63. The summed E-state index contributed by atoms with van der Waals surface area (Å²) in [5.74, 6) is 2.68.